The summed E-state index contributed by atoms with van der Waals surface area (Å²) in [6, 6.07) is 0.817. The van der Waals surface area contributed by atoms with E-state index < -0.39 is 0 Å². The molecule has 0 aromatic rings. The molecule has 3 rings (SSSR count). The molecule has 0 aromatic heterocycles. The van der Waals surface area contributed by atoms with Gasteiger partial charge in [0.1, 0.15) is 0 Å². The molecule has 1 saturated carbocycles. The number of rotatable bonds is 2. The van der Waals surface area contributed by atoms with E-state index in [0.29, 0.717) is 11.5 Å². The summed E-state index contributed by atoms with van der Waals surface area (Å²) in [4.78, 5) is 2.70. The van der Waals surface area contributed by atoms with Gasteiger partial charge in [-0.05, 0) is 65.0 Å². The van der Waals surface area contributed by atoms with E-state index in [2.05, 4.69) is 31.0 Å². The molecule has 1 spiro atoms. The lowest BCUT2D eigenvalue weighted by Gasteiger charge is -2.58. The fourth-order valence-corrected chi connectivity index (χ4v) is 3.78. The zero-order chi connectivity index (χ0) is 12.8. The Kier molecular flexibility index (Phi) is 3.20. The molecular weight excluding hydrogens is 224 g/mol. The van der Waals surface area contributed by atoms with Crippen molar-refractivity contribution >= 4 is 0 Å². The van der Waals surface area contributed by atoms with E-state index in [-0.39, 0.29) is 5.60 Å². The van der Waals surface area contributed by atoms with Crippen molar-refractivity contribution in [3.05, 3.63) is 0 Å². The molecule has 1 aliphatic carbocycles. The van der Waals surface area contributed by atoms with Crippen LogP contribution in [0, 0.1) is 5.41 Å². The molecule has 0 atom stereocenters. The van der Waals surface area contributed by atoms with Gasteiger partial charge in [0.25, 0.3) is 0 Å². The topological polar surface area (TPSA) is 24.5 Å². The third-order valence-corrected chi connectivity index (χ3v) is 4.85. The molecule has 104 valence electrons. The van der Waals surface area contributed by atoms with E-state index in [0.717, 1.165) is 6.04 Å². The van der Waals surface area contributed by atoms with Crippen molar-refractivity contribution in [3.63, 3.8) is 0 Å². The lowest BCUT2D eigenvalue weighted by atomic mass is 9.70. The van der Waals surface area contributed by atoms with Gasteiger partial charge in [-0.25, -0.2) is 0 Å². The zero-order valence-corrected chi connectivity index (χ0v) is 12.2. The fraction of sp³-hybridized carbons (Fsp3) is 1.00. The van der Waals surface area contributed by atoms with Gasteiger partial charge in [0.2, 0.25) is 0 Å². The number of nitrogens with zero attached hydrogens (tertiary/aromatic N) is 1. The van der Waals surface area contributed by atoms with E-state index in [1.165, 1.54) is 51.9 Å². The van der Waals surface area contributed by atoms with Crippen LogP contribution in [0.2, 0.25) is 0 Å². The summed E-state index contributed by atoms with van der Waals surface area (Å²) in [5, 5.41) is 3.47. The molecule has 1 N–H and O–H groups in total. The molecule has 0 radical (unpaired) electrons. The van der Waals surface area contributed by atoms with Crippen molar-refractivity contribution in [1.82, 2.24) is 10.2 Å². The minimum atomic E-state index is 0.0286. The second-order valence-corrected chi connectivity index (χ2v) is 7.63. The van der Waals surface area contributed by atoms with Crippen LogP contribution in [-0.2, 0) is 4.74 Å². The molecule has 0 unspecified atom stereocenters. The van der Waals surface area contributed by atoms with Crippen LogP contribution in [0.5, 0.6) is 0 Å². The molecule has 3 nitrogen and oxygen atoms in total. The van der Waals surface area contributed by atoms with E-state index in [9.17, 15) is 0 Å². The summed E-state index contributed by atoms with van der Waals surface area (Å²) in [5.74, 6) is 0. The Bertz CT molecular complexity index is 290. The first-order valence-electron chi connectivity index (χ1n) is 7.58. The van der Waals surface area contributed by atoms with Gasteiger partial charge in [-0.3, -0.25) is 4.90 Å². The van der Waals surface area contributed by atoms with Gasteiger partial charge in [-0.15, -0.1) is 0 Å². The third kappa shape index (κ3) is 2.59. The van der Waals surface area contributed by atoms with Gasteiger partial charge in [0.15, 0.2) is 0 Å². The zero-order valence-electron chi connectivity index (χ0n) is 12.2. The molecule has 3 heteroatoms. The number of hydrogen-bond acceptors (Lipinski definition) is 3. The Balaban J connectivity index is 1.39. The summed E-state index contributed by atoms with van der Waals surface area (Å²) in [6.07, 6.45) is 5.80. The summed E-state index contributed by atoms with van der Waals surface area (Å²) in [5.41, 5.74) is 0.710. The van der Waals surface area contributed by atoms with Crippen LogP contribution in [0.4, 0.5) is 0 Å². The van der Waals surface area contributed by atoms with Crippen LogP contribution >= 0.6 is 0 Å². The van der Waals surface area contributed by atoms with Crippen LogP contribution in [-0.4, -0.2) is 48.8 Å². The van der Waals surface area contributed by atoms with Gasteiger partial charge in [0.05, 0.1) is 11.7 Å². The molecule has 2 heterocycles. The predicted molar refractivity (Wildman–Crippen MR) is 73.8 cm³/mol. The van der Waals surface area contributed by atoms with Crippen molar-refractivity contribution < 1.29 is 4.74 Å². The monoisotopic (exact) mass is 252 g/mol. The predicted octanol–water partition coefficient (Wildman–Crippen LogP) is 2.02. The summed E-state index contributed by atoms with van der Waals surface area (Å²) in [6.45, 7) is 11.6. The molecule has 18 heavy (non-hydrogen) atoms. The first-order chi connectivity index (χ1) is 8.46. The Morgan fingerprint density at radius 3 is 2.28 bits per heavy atom. The molecular formula is C15H28N2O. The highest BCUT2D eigenvalue weighted by Gasteiger charge is 2.48. The van der Waals surface area contributed by atoms with Crippen molar-refractivity contribution in [2.45, 2.75) is 64.2 Å². The highest BCUT2D eigenvalue weighted by molar-refractivity contribution is 5.03. The van der Waals surface area contributed by atoms with Gasteiger partial charge < -0.3 is 10.1 Å². The Hall–Kier alpha value is -0.120. The SMILES string of the molecule is CC(C)(C)O[C@H]1C[C@H](N2CC3(CCNCC3)C2)C1. The van der Waals surface area contributed by atoms with E-state index in [1.54, 1.807) is 0 Å². The Labute approximate surface area is 111 Å². The molecule has 0 aromatic carbocycles. The van der Waals surface area contributed by atoms with Crippen LogP contribution in [0.15, 0.2) is 0 Å². The van der Waals surface area contributed by atoms with Crippen molar-refractivity contribution in [2.24, 2.45) is 5.41 Å². The highest BCUT2D eigenvalue weighted by atomic mass is 16.5. The number of nitrogens with one attached hydrogen (secondary N) is 1. The van der Waals surface area contributed by atoms with Crippen LogP contribution in [0.3, 0.4) is 0 Å². The standard InChI is InChI=1S/C15H28N2O/c1-14(2,3)18-13-8-12(9-13)17-10-15(11-17)4-6-16-7-5-15/h12-13,16H,4-11H2,1-3H3/t12-,13-. The Morgan fingerprint density at radius 2 is 1.72 bits per heavy atom. The third-order valence-electron chi connectivity index (χ3n) is 4.85. The van der Waals surface area contributed by atoms with E-state index in [1.807, 2.05) is 0 Å². The average Bonchev–Trinajstić information content (AvgIpc) is 2.19. The number of hydrogen-bond donors (Lipinski definition) is 1. The second-order valence-electron chi connectivity index (χ2n) is 7.63. The fourth-order valence-electron chi connectivity index (χ4n) is 3.78. The Morgan fingerprint density at radius 1 is 1.11 bits per heavy atom. The van der Waals surface area contributed by atoms with Crippen LogP contribution in [0.25, 0.3) is 0 Å². The summed E-state index contributed by atoms with van der Waals surface area (Å²) in [7, 11) is 0. The maximum absolute atomic E-state index is 6.02. The van der Waals surface area contributed by atoms with Gasteiger partial charge in [0, 0.05) is 19.1 Å². The molecule has 0 amide bonds. The van der Waals surface area contributed by atoms with Gasteiger partial charge >= 0.3 is 0 Å². The quantitative estimate of drug-likeness (QED) is 0.814. The lowest BCUT2D eigenvalue weighted by Crippen LogP contribution is -2.65. The highest BCUT2D eigenvalue weighted by Crippen LogP contribution is 2.44. The largest absolute Gasteiger partial charge is 0.373 e. The normalized spacial score (nSPS) is 36.2. The number of ether oxygens (including phenoxy) is 1. The minimum absolute atomic E-state index is 0.0286. The van der Waals surface area contributed by atoms with Crippen molar-refractivity contribution in [3.8, 4) is 0 Å². The summed E-state index contributed by atoms with van der Waals surface area (Å²) >= 11 is 0. The van der Waals surface area contributed by atoms with Crippen LogP contribution in [0.1, 0.15) is 46.5 Å². The van der Waals surface area contributed by atoms with Crippen molar-refractivity contribution in [1.29, 1.82) is 0 Å². The number of likely N-dealkylation sites (tertiary alicyclic amines) is 1. The second kappa shape index (κ2) is 4.46. The molecule has 3 aliphatic rings. The minimum Gasteiger partial charge on any atom is -0.373 e. The molecule has 0 bridgehead atoms. The molecule has 3 fully saturated rings. The lowest BCUT2D eigenvalue weighted by molar-refractivity contribution is -0.150. The maximum Gasteiger partial charge on any atom is 0.0612 e. The molecule has 2 saturated heterocycles. The average molecular weight is 252 g/mol. The molecule has 2 aliphatic heterocycles. The van der Waals surface area contributed by atoms with Gasteiger partial charge in [-0.1, -0.05) is 0 Å². The smallest absolute Gasteiger partial charge is 0.0612 e. The summed E-state index contributed by atoms with van der Waals surface area (Å²) < 4.78 is 6.02. The van der Waals surface area contributed by atoms with Crippen molar-refractivity contribution in [2.75, 3.05) is 26.2 Å². The van der Waals surface area contributed by atoms with Gasteiger partial charge in [-0.2, -0.15) is 0 Å². The van der Waals surface area contributed by atoms with Crippen LogP contribution < -0.4 is 5.32 Å². The number of piperidine rings is 1. The first-order valence-corrected chi connectivity index (χ1v) is 7.58. The van der Waals surface area contributed by atoms with E-state index in [4.69, 9.17) is 4.74 Å². The maximum atomic E-state index is 6.02. The first kappa shape index (κ1) is 12.9. The van der Waals surface area contributed by atoms with E-state index >= 15 is 0 Å².